The van der Waals surface area contributed by atoms with Crippen molar-refractivity contribution in [1.82, 2.24) is 0 Å². The second-order valence-corrected chi connectivity index (χ2v) is 7.54. The van der Waals surface area contributed by atoms with Crippen molar-refractivity contribution in [3.8, 4) is 5.75 Å². The molecule has 0 radical (unpaired) electrons. The van der Waals surface area contributed by atoms with Crippen LogP contribution in [-0.2, 0) is 9.53 Å². The maximum absolute atomic E-state index is 11.4. The lowest BCUT2D eigenvalue weighted by atomic mass is 9.76. The van der Waals surface area contributed by atoms with Crippen LogP contribution in [0.3, 0.4) is 0 Å². The van der Waals surface area contributed by atoms with Gasteiger partial charge in [0.25, 0.3) is 0 Å². The topological polar surface area (TPSA) is 84.9 Å². The second kappa shape index (κ2) is 7.79. The average molecular weight is 414 g/mol. The van der Waals surface area contributed by atoms with Crippen LogP contribution in [0.4, 0.5) is 5.69 Å². The Balaban J connectivity index is 1.62. The number of aromatic carboxylic acids is 1. The van der Waals surface area contributed by atoms with Crippen LogP contribution in [0.15, 0.2) is 48.6 Å². The highest BCUT2D eigenvalue weighted by molar-refractivity contribution is 6.33. The first-order valence-corrected chi connectivity index (χ1v) is 9.65. The molecule has 0 aromatic heterocycles. The van der Waals surface area contributed by atoms with E-state index in [9.17, 15) is 14.7 Å². The van der Waals surface area contributed by atoms with Gasteiger partial charge in [-0.25, -0.2) is 9.59 Å². The van der Waals surface area contributed by atoms with Crippen molar-refractivity contribution in [1.29, 1.82) is 0 Å². The summed E-state index contributed by atoms with van der Waals surface area (Å²) in [6, 6.07) is 10.8. The lowest BCUT2D eigenvalue weighted by Crippen LogP contribution is -2.29. The highest BCUT2D eigenvalue weighted by atomic mass is 35.5. The predicted octanol–water partition coefficient (Wildman–Crippen LogP) is 4.42. The summed E-state index contributed by atoms with van der Waals surface area (Å²) in [6.45, 7) is -0.138. The van der Waals surface area contributed by atoms with E-state index in [2.05, 4.69) is 22.2 Å². The molecule has 1 aliphatic carbocycles. The van der Waals surface area contributed by atoms with Gasteiger partial charge in [-0.1, -0.05) is 35.9 Å². The van der Waals surface area contributed by atoms with Gasteiger partial charge in [-0.05, 0) is 47.7 Å². The van der Waals surface area contributed by atoms with Crippen molar-refractivity contribution in [3.63, 3.8) is 0 Å². The Morgan fingerprint density at radius 1 is 1.24 bits per heavy atom. The van der Waals surface area contributed by atoms with Crippen molar-refractivity contribution < 1.29 is 24.2 Å². The molecule has 2 aromatic carbocycles. The molecular formula is C22H20ClNO5. The first kappa shape index (κ1) is 19.3. The molecule has 2 N–H and O–H groups in total. The largest absolute Gasteiger partial charge is 0.482 e. The summed E-state index contributed by atoms with van der Waals surface area (Å²) in [6.07, 6.45) is 5.15. The molecule has 29 heavy (non-hydrogen) atoms. The van der Waals surface area contributed by atoms with Crippen LogP contribution in [0, 0.1) is 5.92 Å². The standard InChI is InChI=1S/C22H20ClNO5/c1-28-19(25)11-29-14-7-5-12(6-8-14)20-16-4-2-3-15(16)17-9-13(22(26)27)10-18(23)21(17)24-20/h2-3,5-10,15-16,20,24H,4,11H2,1H3,(H,26,27)/t15-,16+,20-/m0/s1. The Bertz CT molecular complexity index is 985. The third-order valence-electron chi connectivity index (χ3n) is 5.49. The molecule has 4 rings (SSSR count). The van der Waals surface area contributed by atoms with Gasteiger partial charge < -0.3 is 19.9 Å². The summed E-state index contributed by atoms with van der Waals surface area (Å²) in [5, 5.41) is 13.3. The van der Waals surface area contributed by atoms with Gasteiger partial charge in [0, 0.05) is 5.92 Å². The zero-order chi connectivity index (χ0) is 20.5. The summed E-state index contributed by atoms with van der Waals surface area (Å²) in [7, 11) is 1.32. The number of hydrogen-bond acceptors (Lipinski definition) is 5. The zero-order valence-corrected chi connectivity index (χ0v) is 16.5. The highest BCUT2D eigenvalue weighted by Gasteiger charge is 2.39. The summed E-state index contributed by atoms with van der Waals surface area (Å²) >= 11 is 6.43. The number of halogens is 1. The highest BCUT2D eigenvalue weighted by Crippen LogP contribution is 2.51. The normalized spacial score (nSPS) is 21.7. The smallest absolute Gasteiger partial charge is 0.343 e. The number of methoxy groups -OCH3 is 1. The number of carbonyl (C=O) groups excluding carboxylic acids is 1. The number of anilines is 1. The van der Waals surface area contributed by atoms with Crippen LogP contribution < -0.4 is 10.1 Å². The molecule has 6 nitrogen and oxygen atoms in total. The molecule has 150 valence electrons. The Morgan fingerprint density at radius 3 is 2.69 bits per heavy atom. The molecule has 7 heteroatoms. The van der Waals surface area contributed by atoms with Gasteiger partial charge in [-0.2, -0.15) is 0 Å². The molecule has 0 amide bonds. The number of carboxylic acid groups (broad SMARTS) is 1. The lowest BCUT2D eigenvalue weighted by molar-refractivity contribution is -0.142. The number of ether oxygens (including phenoxy) is 2. The van der Waals surface area contributed by atoms with E-state index in [0.29, 0.717) is 10.8 Å². The van der Waals surface area contributed by atoms with Crippen molar-refractivity contribution in [2.75, 3.05) is 19.0 Å². The summed E-state index contributed by atoms with van der Waals surface area (Å²) in [5.74, 6) is -0.485. The first-order valence-electron chi connectivity index (χ1n) is 9.27. The molecule has 3 atom stereocenters. The van der Waals surface area contributed by atoms with E-state index in [-0.39, 0.29) is 30.0 Å². The molecule has 0 unspecified atom stereocenters. The SMILES string of the molecule is COC(=O)COc1ccc([C@@H]2Nc3c(Cl)cc(C(=O)O)cc3[C@H]3C=CC[C@H]32)cc1. The number of nitrogens with one attached hydrogen (secondary N) is 1. The molecule has 0 spiro atoms. The van der Waals surface area contributed by atoms with E-state index in [1.54, 1.807) is 6.07 Å². The van der Waals surface area contributed by atoms with Crippen molar-refractivity contribution in [2.24, 2.45) is 5.92 Å². The maximum Gasteiger partial charge on any atom is 0.343 e. The van der Waals surface area contributed by atoms with Crippen molar-refractivity contribution >= 4 is 29.2 Å². The number of fused-ring (bicyclic) bond motifs is 3. The van der Waals surface area contributed by atoms with Gasteiger partial charge in [0.15, 0.2) is 6.61 Å². The van der Waals surface area contributed by atoms with Crippen LogP contribution in [0.25, 0.3) is 0 Å². The van der Waals surface area contributed by atoms with E-state index in [1.807, 2.05) is 24.3 Å². The van der Waals surface area contributed by atoms with Crippen LogP contribution in [0.2, 0.25) is 5.02 Å². The van der Waals surface area contributed by atoms with Crippen LogP contribution >= 0.6 is 11.6 Å². The summed E-state index contributed by atoms with van der Waals surface area (Å²) in [5.41, 5.74) is 2.96. The third kappa shape index (κ3) is 3.68. The fourth-order valence-electron chi connectivity index (χ4n) is 4.08. The molecular weight excluding hydrogens is 394 g/mol. The van der Waals surface area contributed by atoms with E-state index < -0.39 is 11.9 Å². The third-order valence-corrected chi connectivity index (χ3v) is 5.79. The van der Waals surface area contributed by atoms with Gasteiger partial charge in [-0.3, -0.25) is 0 Å². The Hall–Kier alpha value is -2.99. The number of hydrogen-bond donors (Lipinski definition) is 2. The lowest BCUT2D eigenvalue weighted by Gasteiger charge is -2.38. The van der Waals surface area contributed by atoms with E-state index in [1.165, 1.54) is 13.2 Å². The summed E-state index contributed by atoms with van der Waals surface area (Å²) < 4.78 is 9.99. The second-order valence-electron chi connectivity index (χ2n) is 7.14. The number of benzene rings is 2. The van der Waals surface area contributed by atoms with E-state index >= 15 is 0 Å². The molecule has 1 aliphatic heterocycles. The predicted molar refractivity (Wildman–Crippen MR) is 109 cm³/mol. The molecule has 0 fully saturated rings. The maximum atomic E-state index is 11.4. The molecule has 0 saturated heterocycles. The fourth-order valence-corrected chi connectivity index (χ4v) is 4.36. The zero-order valence-electron chi connectivity index (χ0n) is 15.7. The van der Waals surface area contributed by atoms with Crippen molar-refractivity contribution in [2.45, 2.75) is 18.4 Å². The molecule has 1 heterocycles. The minimum atomic E-state index is -0.988. The average Bonchev–Trinajstić information content (AvgIpc) is 3.22. The van der Waals surface area contributed by atoms with E-state index in [0.717, 1.165) is 23.2 Å². The van der Waals surface area contributed by atoms with Gasteiger partial charge >= 0.3 is 11.9 Å². The monoisotopic (exact) mass is 413 g/mol. The quantitative estimate of drug-likeness (QED) is 0.557. The van der Waals surface area contributed by atoms with Gasteiger partial charge in [0.1, 0.15) is 5.75 Å². The minimum absolute atomic E-state index is 0.0188. The number of carboxylic acids is 1. The number of esters is 1. The Morgan fingerprint density at radius 2 is 2.00 bits per heavy atom. The van der Waals surface area contributed by atoms with Gasteiger partial charge in [-0.15, -0.1) is 0 Å². The molecule has 2 aromatic rings. The fraction of sp³-hybridized carbons (Fsp3) is 0.273. The number of rotatable bonds is 5. The van der Waals surface area contributed by atoms with Gasteiger partial charge in [0.2, 0.25) is 0 Å². The minimum Gasteiger partial charge on any atom is -0.482 e. The Kier molecular flexibility index (Phi) is 5.20. The van der Waals surface area contributed by atoms with Gasteiger partial charge in [0.05, 0.1) is 29.4 Å². The molecule has 0 saturated carbocycles. The van der Waals surface area contributed by atoms with Crippen LogP contribution in [0.1, 0.15) is 39.9 Å². The van der Waals surface area contributed by atoms with Crippen LogP contribution in [-0.4, -0.2) is 30.8 Å². The Labute approximate surface area is 173 Å². The molecule has 2 aliphatic rings. The van der Waals surface area contributed by atoms with Crippen molar-refractivity contribution in [3.05, 3.63) is 70.3 Å². The summed E-state index contributed by atoms with van der Waals surface area (Å²) in [4.78, 5) is 22.7. The number of allylic oxidation sites excluding steroid dienone is 2. The van der Waals surface area contributed by atoms with Crippen LogP contribution in [0.5, 0.6) is 5.75 Å². The molecule has 0 bridgehead atoms. The van der Waals surface area contributed by atoms with E-state index in [4.69, 9.17) is 16.3 Å². The number of carbonyl (C=O) groups is 2. The first-order chi connectivity index (χ1) is 14.0.